The molecule has 0 spiro atoms. The first-order valence-electron chi connectivity index (χ1n) is 3.39. The van der Waals surface area contributed by atoms with Gasteiger partial charge in [0.05, 0.1) is 0 Å². The molecule has 3 radical (unpaired) electrons. The van der Waals surface area contributed by atoms with Crippen LogP contribution in [0, 0.1) is 0 Å². The molecule has 0 bridgehead atoms. The Labute approximate surface area is 54.6 Å². The van der Waals surface area contributed by atoms with Crippen molar-refractivity contribution in [3.63, 3.8) is 0 Å². The molecule has 0 aromatic rings. The summed E-state index contributed by atoms with van der Waals surface area (Å²) in [6.07, 6.45) is 7.09. The zero-order valence-corrected chi connectivity index (χ0v) is 6.19. The summed E-state index contributed by atoms with van der Waals surface area (Å²) >= 11 is 0. The number of hydrogen-bond donors (Lipinski definition) is 0. The predicted molar refractivity (Wildman–Crippen MR) is 40.9 cm³/mol. The van der Waals surface area contributed by atoms with Crippen LogP contribution in [-0.2, 0) is 0 Å². The van der Waals surface area contributed by atoms with Gasteiger partial charge in [0.2, 0.25) is 0 Å². The van der Waals surface area contributed by atoms with Gasteiger partial charge < -0.3 is 16.0 Å². The second kappa shape index (κ2) is 3.51. The minimum Gasteiger partial charge on any atom is -0.583 e. The minimum absolute atomic E-state index is 0.707. The normalized spacial score (nSPS) is 25.1. The van der Waals surface area contributed by atoms with Crippen LogP contribution in [0.2, 0.25) is 0 Å². The van der Waals surface area contributed by atoms with Crippen molar-refractivity contribution in [2.75, 3.05) is 0 Å². The van der Waals surface area contributed by atoms with Crippen molar-refractivity contribution in [1.82, 2.24) is 0 Å². The second-order valence-corrected chi connectivity index (χ2v) is 3.65. The summed E-state index contributed by atoms with van der Waals surface area (Å²) in [4.78, 5) is 0. The first-order chi connectivity index (χ1) is 3.93. The maximum absolute atomic E-state index is 5.53. The molecule has 0 N–H and O–H groups in total. The van der Waals surface area contributed by atoms with E-state index in [0.29, 0.717) is 8.46 Å². The maximum atomic E-state index is 5.53. The summed E-state index contributed by atoms with van der Waals surface area (Å²) in [6, 6.07) is 0. The van der Waals surface area contributed by atoms with Crippen molar-refractivity contribution in [3.8, 4) is 0 Å². The highest BCUT2D eigenvalue weighted by molar-refractivity contribution is 7.66. The van der Waals surface area contributed by atoms with Gasteiger partial charge in [0.25, 0.3) is 0 Å². The summed E-state index contributed by atoms with van der Waals surface area (Å²) in [6.45, 7) is 0. The smallest absolute Gasteiger partial charge is 0.0501 e. The van der Waals surface area contributed by atoms with Crippen LogP contribution < -0.4 is 0 Å². The molecule has 0 saturated heterocycles. The highest BCUT2D eigenvalue weighted by Gasteiger charge is 2.05. The predicted octanol–water partition coefficient (Wildman–Crippen LogP) is 2.08. The molecule has 0 amide bonds. The Kier molecular flexibility index (Phi) is 2.90. The molecule has 45 valence electrons. The summed E-state index contributed by atoms with van der Waals surface area (Å²) in [5, 5.41) is 0. The summed E-state index contributed by atoms with van der Waals surface area (Å²) in [7, 11) is 6.24. The van der Waals surface area contributed by atoms with Gasteiger partial charge >= 0.3 is 0 Å². The molecule has 0 aromatic carbocycles. The highest BCUT2D eigenvalue weighted by Crippen LogP contribution is 2.29. The van der Waals surface area contributed by atoms with Gasteiger partial charge in [0, 0.05) is 0 Å². The number of rotatable bonds is 1. The van der Waals surface area contributed by atoms with Crippen LogP contribution in [-0.4, -0.2) is 13.2 Å². The van der Waals surface area contributed by atoms with Crippen molar-refractivity contribution in [2.45, 2.75) is 37.8 Å². The third-order valence-electron chi connectivity index (χ3n) is 1.84. The standard InChI is InChI=1S/C6H12BP/c7-8-6-4-2-1-3-5-6/h6,8H,1-5H2/q-1. The molecular formula is C6H12BP-. The Morgan fingerprint density at radius 1 is 1.12 bits per heavy atom. The fraction of sp³-hybridized carbons (Fsp3) is 1.00. The molecule has 1 unspecified atom stereocenters. The minimum atomic E-state index is 0.707. The zero-order chi connectivity index (χ0) is 5.82. The second-order valence-electron chi connectivity index (χ2n) is 2.50. The van der Waals surface area contributed by atoms with Gasteiger partial charge in [0.15, 0.2) is 0 Å². The van der Waals surface area contributed by atoms with E-state index in [9.17, 15) is 0 Å². The Morgan fingerprint density at radius 3 is 2.12 bits per heavy atom. The SMILES string of the molecule is [B-]PC1CCCCC1. The van der Waals surface area contributed by atoms with Crippen molar-refractivity contribution in [2.24, 2.45) is 0 Å². The van der Waals surface area contributed by atoms with Crippen LogP contribution in [0.4, 0.5) is 0 Å². The van der Waals surface area contributed by atoms with Crippen LogP contribution in [0.25, 0.3) is 0 Å². The Bertz CT molecular complexity index is 59.5. The summed E-state index contributed by atoms with van der Waals surface area (Å²) in [5.41, 5.74) is 0.892. The lowest BCUT2D eigenvalue weighted by molar-refractivity contribution is 0.515. The molecule has 0 heterocycles. The van der Waals surface area contributed by atoms with Gasteiger partial charge in [0.1, 0.15) is 0 Å². The van der Waals surface area contributed by atoms with E-state index >= 15 is 0 Å². The van der Waals surface area contributed by atoms with Gasteiger partial charge in [-0.3, -0.25) is 0 Å². The topological polar surface area (TPSA) is 0 Å². The zero-order valence-electron chi connectivity index (χ0n) is 5.19. The first-order valence-corrected chi connectivity index (χ1v) is 4.55. The van der Waals surface area contributed by atoms with Crippen LogP contribution >= 0.6 is 8.46 Å². The fourth-order valence-corrected chi connectivity index (χ4v) is 2.01. The van der Waals surface area contributed by atoms with Gasteiger partial charge in [-0.25, -0.2) is 0 Å². The molecule has 0 aliphatic heterocycles. The van der Waals surface area contributed by atoms with Crippen molar-refractivity contribution in [1.29, 1.82) is 0 Å². The van der Waals surface area contributed by atoms with E-state index in [0.717, 1.165) is 5.66 Å². The van der Waals surface area contributed by atoms with E-state index < -0.39 is 0 Å². The fourth-order valence-electron chi connectivity index (χ4n) is 1.27. The van der Waals surface area contributed by atoms with Gasteiger partial charge in [-0.15, -0.1) is 0 Å². The van der Waals surface area contributed by atoms with E-state index in [-0.39, 0.29) is 0 Å². The van der Waals surface area contributed by atoms with Crippen LogP contribution in [0.1, 0.15) is 32.1 Å². The molecule has 1 fully saturated rings. The first kappa shape index (κ1) is 6.61. The molecule has 0 aromatic heterocycles. The summed E-state index contributed by atoms with van der Waals surface area (Å²) < 4.78 is 0. The third-order valence-corrected chi connectivity index (χ3v) is 2.89. The van der Waals surface area contributed by atoms with Crippen LogP contribution in [0.15, 0.2) is 0 Å². The molecule has 1 aliphatic carbocycles. The van der Waals surface area contributed by atoms with Crippen molar-refractivity contribution >= 4 is 16.0 Å². The van der Waals surface area contributed by atoms with Crippen molar-refractivity contribution < 1.29 is 0 Å². The lowest BCUT2D eigenvalue weighted by Crippen LogP contribution is -2.05. The molecular weight excluding hydrogens is 114 g/mol. The van der Waals surface area contributed by atoms with E-state index in [1.165, 1.54) is 32.1 Å². The van der Waals surface area contributed by atoms with Gasteiger partial charge in [-0.05, 0) is 0 Å². The largest absolute Gasteiger partial charge is 0.583 e. The average molecular weight is 126 g/mol. The Hall–Kier alpha value is 0.495. The quantitative estimate of drug-likeness (QED) is 0.372. The van der Waals surface area contributed by atoms with Gasteiger partial charge in [-0.2, -0.15) is 0 Å². The number of hydrogen-bond acceptors (Lipinski definition) is 0. The van der Waals surface area contributed by atoms with Gasteiger partial charge in [-0.1, -0.05) is 37.8 Å². The molecule has 2 heteroatoms. The molecule has 8 heavy (non-hydrogen) atoms. The van der Waals surface area contributed by atoms with Crippen molar-refractivity contribution in [3.05, 3.63) is 0 Å². The highest BCUT2D eigenvalue weighted by atomic mass is 31.1. The molecule has 1 atom stereocenters. The van der Waals surface area contributed by atoms with Crippen LogP contribution in [0.5, 0.6) is 0 Å². The van der Waals surface area contributed by atoms with E-state index in [1.54, 1.807) is 0 Å². The summed E-state index contributed by atoms with van der Waals surface area (Å²) in [5.74, 6) is 0. The lowest BCUT2D eigenvalue weighted by Gasteiger charge is -2.25. The van der Waals surface area contributed by atoms with E-state index in [4.69, 9.17) is 7.57 Å². The molecule has 0 nitrogen and oxygen atoms in total. The average Bonchev–Trinajstić information content (AvgIpc) is 1.90. The lowest BCUT2D eigenvalue weighted by atomic mass is 10.0. The monoisotopic (exact) mass is 126 g/mol. The van der Waals surface area contributed by atoms with Crippen LogP contribution in [0.3, 0.4) is 0 Å². The third kappa shape index (κ3) is 1.78. The maximum Gasteiger partial charge on any atom is -0.0501 e. The Morgan fingerprint density at radius 2 is 1.75 bits per heavy atom. The Balaban J connectivity index is 2.13. The van der Waals surface area contributed by atoms with E-state index in [2.05, 4.69) is 0 Å². The molecule has 1 saturated carbocycles. The van der Waals surface area contributed by atoms with E-state index in [1.807, 2.05) is 0 Å². The molecule has 1 rings (SSSR count). The molecule has 1 aliphatic rings.